The minimum atomic E-state index is -0.317. The number of amides is 1. The molecular weight excluding hydrogens is 470 g/mol. The van der Waals surface area contributed by atoms with E-state index in [-0.39, 0.29) is 36.8 Å². The highest BCUT2D eigenvalue weighted by Gasteiger charge is 2.25. The fraction of sp³-hybridized carbons (Fsp3) is 0.483. The van der Waals surface area contributed by atoms with Gasteiger partial charge in [0.05, 0.1) is 31.2 Å². The molecule has 0 aliphatic heterocycles. The minimum Gasteiger partial charge on any atom is -0.493 e. The summed E-state index contributed by atoms with van der Waals surface area (Å²) in [6.07, 6.45) is 4.23. The maximum atomic E-state index is 12.7. The number of hydrogen-bond acceptors (Lipinski definition) is 7. The molecule has 8 heteroatoms. The van der Waals surface area contributed by atoms with E-state index < -0.39 is 0 Å². The Morgan fingerprint density at radius 1 is 1.22 bits per heavy atom. The van der Waals surface area contributed by atoms with Crippen LogP contribution in [0.1, 0.15) is 67.8 Å². The predicted molar refractivity (Wildman–Crippen MR) is 143 cm³/mol. The third kappa shape index (κ3) is 6.61. The number of aryl methyl sites for hydroxylation is 1. The molecule has 1 saturated carbocycles. The number of pyridine rings is 1. The average molecular weight is 508 g/mol. The van der Waals surface area contributed by atoms with Crippen molar-refractivity contribution in [2.75, 3.05) is 32.1 Å². The Kier molecular flexibility index (Phi) is 8.36. The molecule has 1 aliphatic carbocycles. The number of rotatable bonds is 12. The van der Waals surface area contributed by atoms with Crippen LogP contribution >= 0.6 is 0 Å². The fourth-order valence-corrected chi connectivity index (χ4v) is 4.22. The highest BCUT2D eigenvalue weighted by Crippen LogP contribution is 2.37. The number of fused-ring (bicyclic) bond motifs is 1. The molecule has 0 spiro atoms. The van der Waals surface area contributed by atoms with E-state index in [1.807, 2.05) is 12.1 Å². The summed E-state index contributed by atoms with van der Waals surface area (Å²) in [5, 5.41) is 4.54. The first-order chi connectivity index (χ1) is 17.8. The highest BCUT2D eigenvalue weighted by molar-refractivity contribution is 5.94. The number of nitrogens with one attached hydrogen (secondary N) is 1. The van der Waals surface area contributed by atoms with Crippen molar-refractivity contribution in [3.63, 3.8) is 0 Å². The van der Waals surface area contributed by atoms with Crippen molar-refractivity contribution >= 4 is 28.7 Å². The van der Waals surface area contributed by atoms with Crippen molar-refractivity contribution in [1.29, 1.82) is 0 Å². The number of ether oxygens (including phenoxy) is 2. The molecule has 0 bridgehead atoms. The number of anilines is 1. The van der Waals surface area contributed by atoms with Crippen LogP contribution in [0.3, 0.4) is 0 Å². The van der Waals surface area contributed by atoms with Gasteiger partial charge in [-0.2, -0.15) is 0 Å². The Hall–Kier alpha value is -3.55. The molecule has 1 N–H and O–H groups in total. The zero-order valence-corrected chi connectivity index (χ0v) is 22.4. The van der Waals surface area contributed by atoms with Crippen molar-refractivity contribution in [3.8, 4) is 5.75 Å². The second-order valence-electron chi connectivity index (χ2n) is 10.1. The summed E-state index contributed by atoms with van der Waals surface area (Å²) < 4.78 is 17.2. The lowest BCUT2D eigenvalue weighted by molar-refractivity contribution is -0.143. The van der Waals surface area contributed by atoms with Crippen LogP contribution in [0.25, 0.3) is 11.0 Å². The van der Waals surface area contributed by atoms with Crippen LogP contribution in [0.2, 0.25) is 0 Å². The maximum Gasteiger partial charge on any atom is 0.307 e. The number of nitrogens with zero attached hydrogens (tertiary/aromatic N) is 2. The van der Waals surface area contributed by atoms with Crippen molar-refractivity contribution < 1.29 is 23.5 Å². The molecule has 198 valence electrons. The van der Waals surface area contributed by atoms with Gasteiger partial charge in [-0.1, -0.05) is 13.8 Å². The van der Waals surface area contributed by atoms with E-state index in [9.17, 15) is 9.59 Å². The lowest BCUT2D eigenvalue weighted by Gasteiger charge is -2.22. The summed E-state index contributed by atoms with van der Waals surface area (Å²) in [7, 11) is 1.66. The van der Waals surface area contributed by atoms with E-state index in [2.05, 4.69) is 37.1 Å². The summed E-state index contributed by atoms with van der Waals surface area (Å²) in [6, 6.07) is 9.44. The van der Waals surface area contributed by atoms with Crippen LogP contribution in [0.4, 0.5) is 5.82 Å². The van der Waals surface area contributed by atoms with Gasteiger partial charge >= 0.3 is 5.97 Å². The van der Waals surface area contributed by atoms with Crippen molar-refractivity contribution in [2.24, 2.45) is 11.8 Å². The molecule has 1 unspecified atom stereocenters. The Morgan fingerprint density at radius 3 is 2.65 bits per heavy atom. The number of benzene rings is 1. The zero-order chi connectivity index (χ0) is 26.5. The van der Waals surface area contributed by atoms with Gasteiger partial charge in [0.25, 0.3) is 5.91 Å². The summed E-state index contributed by atoms with van der Waals surface area (Å²) in [5.74, 6) is 2.80. The van der Waals surface area contributed by atoms with Gasteiger partial charge in [-0.05, 0) is 68.9 Å². The highest BCUT2D eigenvalue weighted by atomic mass is 16.5. The Labute approximate surface area is 218 Å². The van der Waals surface area contributed by atoms with Gasteiger partial charge in [-0.3, -0.25) is 9.59 Å². The standard InChI is InChI=1S/C29H37N3O5/c1-6-35-26(33)13-14-32(5)29(34)21-9-12-25(30-16-21)31-27(18(2)3)28-19(4)23-15-22(10-11-24(23)37-28)36-17-20-7-8-20/h9-12,15-16,18,20,27H,6-8,13-14,17H2,1-5H3,(H,30,31). The molecule has 4 rings (SSSR count). The molecule has 1 atom stereocenters. The summed E-state index contributed by atoms with van der Waals surface area (Å²) in [5.41, 5.74) is 2.36. The summed E-state index contributed by atoms with van der Waals surface area (Å²) >= 11 is 0. The van der Waals surface area contributed by atoms with Gasteiger partial charge in [-0.15, -0.1) is 0 Å². The lowest BCUT2D eigenvalue weighted by Crippen LogP contribution is -2.29. The molecule has 0 radical (unpaired) electrons. The van der Waals surface area contributed by atoms with Gasteiger partial charge < -0.3 is 24.1 Å². The third-order valence-electron chi connectivity index (χ3n) is 6.69. The smallest absolute Gasteiger partial charge is 0.307 e. The van der Waals surface area contributed by atoms with Crippen LogP contribution in [0, 0.1) is 18.8 Å². The normalized spacial score (nSPS) is 14.0. The van der Waals surface area contributed by atoms with Gasteiger partial charge in [0.15, 0.2) is 0 Å². The van der Waals surface area contributed by atoms with Crippen LogP contribution in [-0.2, 0) is 9.53 Å². The third-order valence-corrected chi connectivity index (χ3v) is 6.69. The van der Waals surface area contributed by atoms with Gasteiger partial charge in [0, 0.05) is 30.7 Å². The summed E-state index contributed by atoms with van der Waals surface area (Å²) in [4.78, 5) is 30.3. The fourth-order valence-electron chi connectivity index (χ4n) is 4.22. The Morgan fingerprint density at radius 2 is 2.00 bits per heavy atom. The molecule has 3 aromatic rings. The van der Waals surface area contributed by atoms with E-state index >= 15 is 0 Å². The van der Waals surface area contributed by atoms with Crippen LogP contribution in [0.15, 0.2) is 40.9 Å². The monoisotopic (exact) mass is 507 g/mol. The van der Waals surface area contributed by atoms with Crippen LogP contribution in [-0.4, -0.2) is 48.6 Å². The van der Waals surface area contributed by atoms with E-state index in [0.717, 1.165) is 34.6 Å². The number of furan rings is 1. The topological polar surface area (TPSA) is 93.9 Å². The second kappa shape index (κ2) is 11.7. The van der Waals surface area contributed by atoms with E-state index in [0.29, 0.717) is 23.9 Å². The molecule has 1 amide bonds. The van der Waals surface area contributed by atoms with Crippen LogP contribution < -0.4 is 10.1 Å². The first kappa shape index (κ1) is 26.5. The van der Waals surface area contributed by atoms with Crippen molar-refractivity contribution in [3.05, 3.63) is 53.4 Å². The summed E-state index contributed by atoms with van der Waals surface area (Å²) in [6.45, 7) is 9.48. The predicted octanol–water partition coefficient (Wildman–Crippen LogP) is 5.76. The second-order valence-corrected chi connectivity index (χ2v) is 10.1. The Bertz CT molecular complexity index is 1230. The molecule has 1 aromatic carbocycles. The van der Waals surface area contributed by atoms with Gasteiger partial charge in [-0.25, -0.2) is 4.98 Å². The molecule has 37 heavy (non-hydrogen) atoms. The van der Waals surface area contributed by atoms with E-state index in [1.165, 1.54) is 17.7 Å². The average Bonchev–Trinajstić information content (AvgIpc) is 3.67. The number of hydrogen-bond donors (Lipinski definition) is 1. The Balaban J connectivity index is 1.44. The molecular formula is C29H37N3O5. The molecule has 2 aromatic heterocycles. The first-order valence-electron chi connectivity index (χ1n) is 13.1. The van der Waals surface area contributed by atoms with Crippen molar-refractivity contribution in [2.45, 2.75) is 53.0 Å². The number of aromatic nitrogens is 1. The SMILES string of the molecule is CCOC(=O)CCN(C)C(=O)c1ccc(NC(c2oc3ccc(OCC4CC4)cc3c2C)C(C)C)nc1. The molecule has 1 fully saturated rings. The molecule has 8 nitrogen and oxygen atoms in total. The molecule has 0 saturated heterocycles. The first-order valence-corrected chi connectivity index (χ1v) is 13.1. The minimum absolute atomic E-state index is 0.107. The maximum absolute atomic E-state index is 12.7. The van der Waals surface area contributed by atoms with Crippen molar-refractivity contribution in [1.82, 2.24) is 9.88 Å². The lowest BCUT2D eigenvalue weighted by atomic mass is 9.98. The number of carbonyl (C=O) groups is 2. The quantitative estimate of drug-likeness (QED) is 0.312. The van der Waals surface area contributed by atoms with Crippen LogP contribution in [0.5, 0.6) is 5.75 Å². The van der Waals surface area contributed by atoms with Gasteiger partial charge in [0.1, 0.15) is 22.9 Å². The van der Waals surface area contributed by atoms with E-state index in [1.54, 1.807) is 32.3 Å². The molecule has 2 heterocycles. The molecule has 1 aliphatic rings. The largest absolute Gasteiger partial charge is 0.493 e. The number of carbonyl (C=O) groups excluding carboxylic acids is 2. The van der Waals surface area contributed by atoms with Gasteiger partial charge in [0.2, 0.25) is 0 Å². The van der Waals surface area contributed by atoms with E-state index in [4.69, 9.17) is 13.9 Å². The number of esters is 1. The zero-order valence-electron chi connectivity index (χ0n) is 22.4.